The van der Waals surface area contributed by atoms with Gasteiger partial charge in [0.05, 0.1) is 22.9 Å². The third-order valence-corrected chi connectivity index (χ3v) is 3.17. The molecule has 1 atom stereocenters. The van der Waals surface area contributed by atoms with Crippen LogP contribution in [-0.4, -0.2) is 18.0 Å². The Labute approximate surface area is 140 Å². The van der Waals surface area contributed by atoms with Crippen LogP contribution in [0.3, 0.4) is 0 Å². The second-order valence-corrected chi connectivity index (χ2v) is 4.95. The topological polar surface area (TPSA) is 79.2 Å². The number of halogens is 3. The highest BCUT2D eigenvalue weighted by molar-refractivity contribution is 5.97. The molecule has 2 rings (SSSR count). The molecular weight excluding hydrogens is 337 g/mol. The summed E-state index contributed by atoms with van der Waals surface area (Å²) in [7, 11) is 0. The van der Waals surface area contributed by atoms with E-state index in [2.05, 4.69) is 0 Å². The molecule has 0 saturated carbocycles. The minimum Gasteiger partial charge on any atom is -0.449 e. The lowest BCUT2D eigenvalue weighted by Gasteiger charge is -2.14. The van der Waals surface area contributed by atoms with Crippen molar-refractivity contribution in [3.63, 3.8) is 0 Å². The van der Waals surface area contributed by atoms with Gasteiger partial charge in [-0.05, 0) is 37.3 Å². The van der Waals surface area contributed by atoms with Crippen molar-refractivity contribution in [2.75, 3.05) is 5.32 Å². The van der Waals surface area contributed by atoms with Gasteiger partial charge >= 0.3 is 5.97 Å². The number of anilines is 1. The smallest absolute Gasteiger partial charge is 0.338 e. The predicted molar refractivity (Wildman–Crippen MR) is 81.0 cm³/mol. The van der Waals surface area contributed by atoms with Crippen molar-refractivity contribution in [3.8, 4) is 6.07 Å². The normalized spacial score (nSPS) is 11.3. The Hall–Kier alpha value is -3.34. The molecule has 0 aliphatic heterocycles. The maximum absolute atomic E-state index is 13.5. The van der Waals surface area contributed by atoms with Crippen molar-refractivity contribution < 1.29 is 27.5 Å². The second-order valence-electron chi connectivity index (χ2n) is 4.95. The van der Waals surface area contributed by atoms with Crippen LogP contribution in [0.2, 0.25) is 0 Å². The first kappa shape index (κ1) is 18.0. The van der Waals surface area contributed by atoms with Gasteiger partial charge in [0.2, 0.25) is 0 Å². The molecule has 0 heterocycles. The molecular formula is C17H11F3N2O3. The molecule has 0 radical (unpaired) electrons. The van der Waals surface area contributed by atoms with E-state index in [1.54, 1.807) is 0 Å². The number of hydrogen-bond donors (Lipinski definition) is 1. The number of amides is 1. The molecule has 0 bridgehead atoms. The standard InChI is InChI=1S/C17H11F3N2O3/c1-9(25-17(24)11-4-2-3-10(7-11)8-21)16(23)22-13-6-5-12(18)14(19)15(13)20/h2-7,9H,1H3,(H,22,23)/t9-/m0/s1. The highest BCUT2D eigenvalue weighted by Gasteiger charge is 2.22. The van der Waals surface area contributed by atoms with Crippen molar-refractivity contribution >= 4 is 17.6 Å². The minimum atomic E-state index is -1.73. The van der Waals surface area contributed by atoms with Gasteiger partial charge in [-0.2, -0.15) is 5.26 Å². The molecule has 0 unspecified atom stereocenters. The molecule has 1 amide bonds. The summed E-state index contributed by atoms with van der Waals surface area (Å²) in [5, 5.41) is 10.8. The fourth-order valence-corrected chi connectivity index (χ4v) is 1.85. The Morgan fingerprint density at radius 3 is 2.56 bits per heavy atom. The van der Waals surface area contributed by atoms with E-state index in [0.717, 1.165) is 6.07 Å². The molecule has 5 nitrogen and oxygen atoms in total. The molecule has 0 fully saturated rings. The van der Waals surface area contributed by atoms with Crippen LogP contribution in [0, 0.1) is 28.8 Å². The largest absolute Gasteiger partial charge is 0.449 e. The summed E-state index contributed by atoms with van der Waals surface area (Å²) in [5.41, 5.74) is -0.300. The van der Waals surface area contributed by atoms with E-state index in [4.69, 9.17) is 10.00 Å². The Morgan fingerprint density at radius 1 is 1.16 bits per heavy atom. The van der Waals surface area contributed by atoms with Crippen LogP contribution in [0.25, 0.3) is 0 Å². The molecule has 2 aromatic carbocycles. The monoisotopic (exact) mass is 348 g/mol. The quantitative estimate of drug-likeness (QED) is 0.680. The highest BCUT2D eigenvalue weighted by Crippen LogP contribution is 2.20. The number of rotatable bonds is 4. The fraction of sp³-hybridized carbons (Fsp3) is 0.118. The van der Waals surface area contributed by atoms with Crippen LogP contribution in [0.5, 0.6) is 0 Å². The van der Waals surface area contributed by atoms with Gasteiger partial charge in [-0.1, -0.05) is 6.07 Å². The first-order valence-electron chi connectivity index (χ1n) is 6.99. The Bertz CT molecular complexity index is 878. The molecule has 2 aromatic rings. The summed E-state index contributed by atoms with van der Waals surface area (Å²) >= 11 is 0. The van der Waals surface area contributed by atoms with Gasteiger partial charge in [-0.3, -0.25) is 4.79 Å². The van der Waals surface area contributed by atoms with E-state index in [1.165, 1.54) is 31.2 Å². The average molecular weight is 348 g/mol. The lowest BCUT2D eigenvalue weighted by molar-refractivity contribution is -0.123. The average Bonchev–Trinajstić information content (AvgIpc) is 2.62. The number of esters is 1. The lowest BCUT2D eigenvalue weighted by Crippen LogP contribution is -2.30. The summed E-state index contributed by atoms with van der Waals surface area (Å²) in [6.07, 6.45) is -1.34. The van der Waals surface area contributed by atoms with Crippen LogP contribution >= 0.6 is 0 Å². The van der Waals surface area contributed by atoms with Gasteiger partial charge in [0, 0.05) is 0 Å². The van der Waals surface area contributed by atoms with Crippen molar-refractivity contribution in [2.45, 2.75) is 13.0 Å². The Kier molecular flexibility index (Phi) is 5.39. The summed E-state index contributed by atoms with van der Waals surface area (Å²) in [4.78, 5) is 23.9. The number of nitriles is 1. The lowest BCUT2D eigenvalue weighted by atomic mass is 10.1. The third-order valence-electron chi connectivity index (χ3n) is 3.17. The maximum Gasteiger partial charge on any atom is 0.338 e. The third kappa shape index (κ3) is 4.14. The summed E-state index contributed by atoms with van der Waals surface area (Å²) in [5.74, 6) is -6.49. The number of hydrogen-bond acceptors (Lipinski definition) is 4. The van der Waals surface area contributed by atoms with Gasteiger partial charge < -0.3 is 10.1 Å². The zero-order valence-corrected chi connectivity index (χ0v) is 12.8. The molecule has 25 heavy (non-hydrogen) atoms. The first-order chi connectivity index (χ1) is 11.8. The molecule has 128 valence electrons. The zero-order valence-electron chi connectivity index (χ0n) is 12.8. The predicted octanol–water partition coefficient (Wildman–Crippen LogP) is 3.16. The van der Waals surface area contributed by atoms with Crippen LogP contribution in [0.4, 0.5) is 18.9 Å². The molecule has 0 saturated heterocycles. The van der Waals surface area contributed by atoms with Crippen molar-refractivity contribution in [1.29, 1.82) is 5.26 Å². The summed E-state index contributed by atoms with van der Waals surface area (Å²) < 4.78 is 44.4. The number of nitrogens with zero attached hydrogens (tertiary/aromatic N) is 1. The molecule has 0 aliphatic rings. The Balaban J connectivity index is 2.06. The van der Waals surface area contributed by atoms with Crippen LogP contribution in [0.15, 0.2) is 36.4 Å². The van der Waals surface area contributed by atoms with E-state index in [9.17, 15) is 22.8 Å². The van der Waals surface area contributed by atoms with E-state index in [1.807, 2.05) is 11.4 Å². The van der Waals surface area contributed by atoms with E-state index >= 15 is 0 Å². The minimum absolute atomic E-state index is 0.0534. The van der Waals surface area contributed by atoms with Crippen molar-refractivity contribution in [1.82, 2.24) is 0 Å². The molecule has 1 N–H and O–H groups in total. The first-order valence-corrected chi connectivity index (χ1v) is 6.99. The van der Waals surface area contributed by atoms with Gasteiger partial charge in [0.1, 0.15) is 0 Å². The van der Waals surface area contributed by atoms with Crippen LogP contribution in [-0.2, 0) is 9.53 Å². The van der Waals surface area contributed by atoms with Crippen molar-refractivity contribution in [2.24, 2.45) is 0 Å². The summed E-state index contributed by atoms with van der Waals surface area (Å²) in [6, 6.07) is 8.97. The van der Waals surface area contributed by atoms with Gasteiger partial charge in [-0.15, -0.1) is 0 Å². The van der Waals surface area contributed by atoms with Gasteiger partial charge in [-0.25, -0.2) is 18.0 Å². The highest BCUT2D eigenvalue weighted by atomic mass is 19.2. The second kappa shape index (κ2) is 7.49. The number of ether oxygens (including phenoxy) is 1. The molecule has 8 heteroatoms. The van der Waals surface area contributed by atoms with Gasteiger partial charge in [0.25, 0.3) is 5.91 Å². The molecule has 0 aliphatic carbocycles. The number of carbonyl (C=O) groups excluding carboxylic acids is 2. The molecule has 0 spiro atoms. The van der Waals surface area contributed by atoms with Gasteiger partial charge in [0.15, 0.2) is 23.6 Å². The number of benzene rings is 2. The fourth-order valence-electron chi connectivity index (χ4n) is 1.85. The SMILES string of the molecule is C[C@H](OC(=O)c1cccc(C#N)c1)C(=O)Nc1ccc(F)c(F)c1F. The van der Waals surface area contributed by atoms with Crippen LogP contribution < -0.4 is 5.32 Å². The van der Waals surface area contributed by atoms with E-state index in [0.29, 0.717) is 6.07 Å². The maximum atomic E-state index is 13.5. The Morgan fingerprint density at radius 2 is 1.88 bits per heavy atom. The van der Waals surface area contributed by atoms with Crippen LogP contribution in [0.1, 0.15) is 22.8 Å². The van der Waals surface area contributed by atoms with E-state index in [-0.39, 0.29) is 11.1 Å². The number of carbonyl (C=O) groups is 2. The number of nitrogens with one attached hydrogen (secondary N) is 1. The zero-order chi connectivity index (χ0) is 18.6. The summed E-state index contributed by atoms with van der Waals surface area (Å²) in [6.45, 7) is 1.22. The van der Waals surface area contributed by atoms with Crippen molar-refractivity contribution in [3.05, 3.63) is 65.0 Å². The molecule has 0 aromatic heterocycles. The van der Waals surface area contributed by atoms with E-state index < -0.39 is 41.1 Å².